The summed E-state index contributed by atoms with van der Waals surface area (Å²) in [5.74, 6) is 0. The second-order valence-electron chi connectivity index (χ2n) is 4.41. The molecule has 1 aromatic rings. The minimum absolute atomic E-state index is 0.195. The minimum atomic E-state index is 0.195. The molecule has 17 heavy (non-hydrogen) atoms. The summed E-state index contributed by atoms with van der Waals surface area (Å²) >= 11 is 0. The number of ether oxygens (including phenoxy) is 1. The summed E-state index contributed by atoms with van der Waals surface area (Å²) in [5, 5.41) is 8.02. The predicted molar refractivity (Wildman–Crippen MR) is 69.9 cm³/mol. The van der Waals surface area contributed by atoms with Gasteiger partial charge >= 0.3 is 0 Å². The molecular weight excluding hydrogens is 214 g/mol. The van der Waals surface area contributed by atoms with Gasteiger partial charge in [0, 0.05) is 20.4 Å². The number of aryl methyl sites for hydroxylation is 1. The number of nitrogens with zero attached hydrogens (tertiary/aromatic N) is 2. The van der Waals surface area contributed by atoms with Crippen LogP contribution in [0.15, 0.2) is 12.3 Å². The largest absolute Gasteiger partial charge is 0.379 e. The smallest absolute Gasteiger partial charge is 0.0820 e. The number of hydrogen-bond acceptors (Lipinski definition) is 3. The third-order valence-electron chi connectivity index (χ3n) is 2.91. The number of rotatable bonds is 8. The number of nitrogens with one attached hydrogen (secondary N) is 1. The van der Waals surface area contributed by atoms with Crippen LogP contribution in [0.2, 0.25) is 0 Å². The van der Waals surface area contributed by atoms with Crippen molar-refractivity contribution in [1.29, 1.82) is 0 Å². The molecule has 1 rings (SSSR count). The topological polar surface area (TPSA) is 39.1 Å². The van der Waals surface area contributed by atoms with Gasteiger partial charge < -0.3 is 10.1 Å². The van der Waals surface area contributed by atoms with E-state index in [1.165, 1.54) is 0 Å². The average Bonchev–Trinajstić information content (AvgIpc) is 2.75. The molecule has 2 unspecified atom stereocenters. The molecule has 0 amide bonds. The normalized spacial score (nSPS) is 14.8. The number of methoxy groups -OCH3 is 1. The van der Waals surface area contributed by atoms with Crippen molar-refractivity contribution < 1.29 is 4.74 Å². The molecule has 0 aliphatic heterocycles. The first kappa shape index (κ1) is 14.2. The van der Waals surface area contributed by atoms with Crippen LogP contribution in [-0.2, 0) is 11.8 Å². The lowest BCUT2D eigenvalue weighted by molar-refractivity contribution is 0.0591. The summed E-state index contributed by atoms with van der Waals surface area (Å²) in [6.45, 7) is 5.34. The van der Waals surface area contributed by atoms with Crippen LogP contribution in [-0.4, -0.2) is 29.5 Å². The highest BCUT2D eigenvalue weighted by atomic mass is 16.5. The van der Waals surface area contributed by atoms with E-state index in [2.05, 4.69) is 30.3 Å². The molecule has 1 aromatic heterocycles. The molecule has 0 spiro atoms. The Labute approximate surface area is 104 Å². The lowest BCUT2D eigenvalue weighted by Crippen LogP contribution is -2.34. The van der Waals surface area contributed by atoms with E-state index in [1.54, 1.807) is 7.11 Å². The van der Waals surface area contributed by atoms with E-state index < -0.39 is 0 Å². The molecule has 0 fully saturated rings. The van der Waals surface area contributed by atoms with E-state index in [0.717, 1.165) is 31.5 Å². The Hall–Kier alpha value is -0.870. The summed E-state index contributed by atoms with van der Waals surface area (Å²) in [4.78, 5) is 0. The van der Waals surface area contributed by atoms with Crippen LogP contribution in [0.4, 0.5) is 0 Å². The zero-order chi connectivity index (χ0) is 12.7. The Morgan fingerprint density at radius 1 is 1.41 bits per heavy atom. The second kappa shape index (κ2) is 7.45. The minimum Gasteiger partial charge on any atom is -0.379 e. The maximum atomic E-state index is 5.60. The van der Waals surface area contributed by atoms with Crippen molar-refractivity contribution in [2.24, 2.45) is 7.05 Å². The van der Waals surface area contributed by atoms with Crippen LogP contribution < -0.4 is 5.32 Å². The van der Waals surface area contributed by atoms with E-state index in [1.807, 2.05) is 17.9 Å². The summed E-state index contributed by atoms with van der Waals surface area (Å²) in [6.07, 6.45) is 5.46. The van der Waals surface area contributed by atoms with Gasteiger partial charge in [-0.25, -0.2) is 0 Å². The maximum absolute atomic E-state index is 5.60. The summed E-state index contributed by atoms with van der Waals surface area (Å²) in [6, 6.07) is 2.26. The Morgan fingerprint density at radius 2 is 2.18 bits per heavy atom. The van der Waals surface area contributed by atoms with Crippen molar-refractivity contribution in [2.45, 2.75) is 45.3 Å². The van der Waals surface area contributed by atoms with E-state index >= 15 is 0 Å². The Kier molecular flexibility index (Phi) is 6.22. The maximum Gasteiger partial charge on any atom is 0.0820 e. The Morgan fingerprint density at radius 3 is 2.65 bits per heavy atom. The van der Waals surface area contributed by atoms with Crippen molar-refractivity contribution in [1.82, 2.24) is 15.1 Å². The monoisotopic (exact) mass is 239 g/mol. The summed E-state index contributed by atoms with van der Waals surface area (Å²) in [7, 11) is 3.73. The Bertz CT molecular complexity index is 311. The molecular formula is C13H25N3O. The fraction of sp³-hybridized carbons (Fsp3) is 0.769. The van der Waals surface area contributed by atoms with E-state index in [0.29, 0.717) is 0 Å². The quantitative estimate of drug-likeness (QED) is 0.756. The first-order valence-electron chi connectivity index (χ1n) is 6.48. The number of aromatic nitrogens is 2. The van der Waals surface area contributed by atoms with Crippen molar-refractivity contribution in [3.8, 4) is 0 Å². The molecule has 1 N–H and O–H groups in total. The Balaban J connectivity index is 2.77. The zero-order valence-electron chi connectivity index (χ0n) is 11.4. The highest BCUT2D eigenvalue weighted by molar-refractivity contribution is 5.07. The van der Waals surface area contributed by atoms with Gasteiger partial charge in [0.15, 0.2) is 0 Å². The van der Waals surface area contributed by atoms with Crippen molar-refractivity contribution in [2.75, 3.05) is 13.7 Å². The summed E-state index contributed by atoms with van der Waals surface area (Å²) < 4.78 is 7.44. The highest BCUT2D eigenvalue weighted by Crippen LogP contribution is 2.20. The van der Waals surface area contributed by atoms with Gasteiger partial charge in [0.25, 0.3) is 0 Å². The zero-order valence-corrected chi connectivity index (χ0v) is 11.4. The van der Waals surface area contributed by atoms with Gasteiger partial charge in [0.1, 0.15) is 0 Å². The van der Waals surface area contributed by atoms with Crippen molar-refractivity contribution >= 4 is 0 Å². The summed E-state index contributed by atoms with van der Waals surface area (Å²) in [5.41, 5.74) is 1.07. The molecule has 0 aromatic carbocycles. The van der Waals surface area contributed by atoms with E-state index in [-0.39, 0.29) is 12.1 Å². The van der Waals surface area contributed by atoms with Gasteiger partial charge in [-0.3, -0.25) is 4.68 Å². The molecule has 4 heteroatoms. The van der Waals surface area contributed by atoms with Crippen LogP contribution in [0.25, 0.3) is 0 Å². The van der Waals surface area contributed by atoms with Crippen LogP contribution in [0.3, 0.4) is 0 Å². The molecule has 0 saturated carbocycles. The molecule has 0 aliphatic rings. The molecule has 0 aliphatic carbocycles. The van der Waals surface area contributed by atoms with E-state index in [4.69, 9.17) is 4.74 Å². The van der Waals surface area contributed by atoms with Crippen molar-refractivity contribution in [3.63, 3.8) is 0 Å². The predicted octanol–water partition coefficient (Wildman–Crippen LogP) is 2.28. The standard InChI is InChI=1S/C13H25N3O/c1-5-7-12(17-4)13(14-9-6-2)11-8-10-16(3)15-11/h8,10,12-14H,5-7,9H2,1-4H3. The molecule has 4 nitrogen and oxygen atoms in total. The molecule has 0 radical (unpaired) electrons. The molecule has 98 valence electrons. The molecule has 0 bridgehead atoms. The first-order valence-corrected chi connectivity index (χ1v) is 6.48. The van der Waals surface area contributed by atoms with Gasteiger partial charge in [-0.05, 0) is 25.5 Å². The van der Waals surface area contributed by atoms with E-state index in [9.17, 15) is 0 Å². The van der Waals surface area contributed by atoms with Crippen LogP contribution in [0.5, 0.6) is 0 Å². The highest BCUT2D eigenvalue weighted by Gasteiger charge is 2.23. The van der Waals surface area contributed by atoms with Gasteiger partial charge in [0.2, 0.25) is 0 Å². The van der Waals surface area contributed by atoms with Gasteiger partial charge in [-0.1, -0.05) is 20.3 Å². The fourth-order valence-electron chi connectivity index (χ4n) is 2.03. The van der Waals surface area contributed by atoms with Crippen LogP contribution in [0.1, 0.15) is 44.8 Å². The lowest BCUT2D eigenvalue weighted by Gasteiger charge is -2.25. The molecule has 2 atom stereocenters. The molecule has 0 saturated heterocycles. The third-order valence-corrected chi connectivity index (χ3v) is 2.91. The first-order chi connectivity index (χ1) is 8.22. The van der Waals surface area contributed by atoms with Gasteiger partial charge in [0.05, 0.1) is 17.8 Å². The second-order valence-corrected chi connectivity index (χ2v) is 4.41. The van der Waals surface area contributed by atoms with Crippen LogP contribution in [0, 0.1) is 0 Å². The molecule has 1 heterocycles. The number of hydrogen-bond donors (Lipinski definition) is 1. The van der Waals surface area contributed by atoms with Crippen LogP contribution >= 0.6 is 0 Å². The lowest BCUT2D eigenvalue weighted by atomic mass is 10.0. The third kappa shape index (κ3) is 4.13. The SMILES string of the molecule is CCCNC(c1ccn(C)n1)C(CCC)OC. The van der Waals surface area contributed by atoms with Gasteiger partial charge in [-0.15, -0.1) is 0 Å². The average molecular weight is 239 g/mol. The van der Waals surface area contributed by atoms with Crippen molar-refractivity contribution in [3.05, 3.63) is 18.0 Å². The fourth-order valence-corrected chi connectivity index (χ4v) is 2.03. The van der Waals surface area contributed by atoms with Gasteiger partial charge in [-0.2, -0.15) is 5.10 Å².